The van der Waals surface area contributed by atoms with Crippen molar-refractivity contribution >= 4 is 0 Å². The van der Waals surface area contributed by atoms with E-state index in [1.807, 2.05) is 0 Å². The van der Waals surface area contributed by atoms with Crippen molar-refractivity contribution in [3.8, 4) is 0 Å². The zero-order chi connectivity index (χ0) is 14.3. The number of hydrogen-bond acceptors (Lipinski definition) is 2. The molecule has 0 aliphatic heterocycles. The van der Waals surface area contributed by atoms with E-state index in [1.54, 1.807) is 0 Å². The molecule has 3 rings (SSSR count). The quantitative estimate of drug-likeness (QED) is 0.777. The lowest BCUT2D eigenvalue weighted by Gasteiger charge is -2.21. The van der Waals surface area contributed by atoms with Gasteiger partial charge in [-0.05, 0) is 24.8 Å². The summed E-state index contributed by atoms with van der Waals surface area (Å²) in [5.74, 6) is 0.757. The molecule has 0 unspecified atom stereocenters. The number of benzene rings is 1. The first-order valence-corrected chi connectivity index (χ1v) is 8.95. The van der Waals surface area contributed by atoms with Crippen molar-refractivity contribution in [1.29, 1.82) is 0 Å². The van der Waals surface area contributed by atoms with Gasteiger partial charge in [0, 0.05) is 31.1 Å². The molecule has 2 heteroatoms. The molecule has 0 saturated heterocycles. The Morgan fingerprint density at radius 1 is 0.810 bits per heavy atom. The summed E-state index contributed by atoms with van der Waals surface area (Å²) in [5, 5.41) is 7.47. The van der Waals surface area contributed by atoms with Gasteiger partial charge in [0.05, 0.1) is 0 Å². The van der Waals surface area contributed by atoms with Crippen molar-refractivity contribution in [2.24, 2.45) is 0 Å². The molecular weight excluding hydrogens is 256 g/mol. The van der Waals surface area contributed by atoms with Crippen molar-refractivity contribution in [1.82, 2.24) is 10.6 Å². The van der Waals surface area contributed by atoms with E-state index in [0.717, 1.165) is 25.0 Å². The van der Waals surface area contributed by atoms with Gasteiger partial charge in [0.25, 0.3) is 0 Å². The van der Waals surface area contributed by atoms with Crippen molar-refractivity contribution in [2.75, 3.05) is 13.1 Å². The van der Waals surface area contributed by atoms with Gasteiger partial charge in [-0.2, -0.15) is 0 Å². The molecule has 0 amide bonds. The van der Waals surface area contributed by atoms with Gasteiger partial charge in [-0.15, -0.1) is 0 Å². The molecule has 2 N–H and O–H groups in total. The van der Waals surface area contributed by atoms with E-state index < -0.39 is 0 Å². The maximum Gasteiger partial charge on any atom is 0.0143 e. The molecule has 21 heavy (non-hydrogen) atoms. The van der Waals surface area contributed by atoms with Crippen molar-refractivity contribution < 1.29 is 0 Å². The van der Waals surface area contributed by atoms with E-state index in [0.29, 0.717) is 6.04 Å². The van der Waals surface area contributed by atoms with Crippen LogP contribution in [0.25, 0.3) is 0 Å². The molecule has 2 nitrogen and oxygen atoms in total. The first-order valence-electron chi connectivity index (χ1n) is 8.95. The Hall–Kier alpha value is -0.860. The SMILES string of the molecule is c1ccc([C@@H]2C[C@H]2NCCNC2CCCCCCC2)cc1. The lowest BCUT2D eigenvalue weighted by Crippen LogP contribution is -2.36. The van der Waals surface area contributed by atoms with E-state index >= 15 is 0 Å². The molecule has 0 aromatic heterocycles. The van der Waals surface area contributed by atoms with E-state index in [4.69, 9.17) is 0 Å². The zero-order valence-electron chi connectivity index (χ0n) is 13.2. The molecule has 1 aromatic rings. The lowest BCUT2D eigenvalue weighted by molar-refractivity contribution is 0.388. The van der Waals surface area contributed by atoms with Gasteiger partial charge in [0.2, 0.25) is 0 Å². The Bertz CT molecular complexity index is 395. The second-order valence-electron chi connectivity index (χ2n) is 6.81. The van der Waals surface area contributed by atoms with Crippen LogP contribution in [0.3, 0.4) is 0 Å². The molecule has 0 radical (unpaired) electrons. The third kappa shape index (κ3) is 4.82. The fourth-order valence-corrected chi connectivity index (χ4v) is 3.68. The van der Waals surface area contributed by atoms with Crippen LogP contribution in [0.1, 0.15) is 62.8 Å². The molecule has 2 fully saturated rings. The van der Waals surface area contributed by atoms with Crippen molar-refractivity contribution in [2.45, 2.75) is 69.4 Å². The Kier molecular flexibility index (Phi) is 5.70. The highest BCUT2D eigenvalue weighted by Crippen LogP contribution is 2.40. The average Bonchev–Trinajstić information content (AvgIpc) is 3.26. The van der Waals surface area contributed by atoms with Gasteiger partial charge < -0.3 is 10.6 Å². The fourth-order valence-electron chi connectivity index (χ4n) is 3.68. The third-order valence-electron chi connectivity index (χ3n) is 5.09. The highest BCUT2D eigenvalue weighted by molar-refractivity contribution is 5.27. The summed E-state index contributed by atoms with van der Waals surface area (Å²) in [5.41, 5.74) is 1.50. The standard InChI is InChI=1S/C19H30N2/c1-2-7-11-17(12-8-3-1)20-13-14-21-19-15-18(19)16-9-5-4-6-10-16/h4-6,9-10,17-21H,1-3,7-8,11-15H2/t18-,19+/m0/s1. The minimum Gasteiger partial charge on any atom is -0.313 e. The maximum absolute atomic E-state index is 3.76. The van der Waals surface area contributed by atoms with E-state index in [1.165, 1.54) is 56.9 Å². The van der Waals surface area contributed by atoms with Crippen LogP contribution >= 0.6 is 0 Å². The minimum atomic E-state index is 0.714. The van der Waals surface area contributed by atoms with E-state index in [-0.39, 0.29) is 0 Å². The van der Waals surface area contributed by atoms with Gasteiger partial charge >= 0.3 is 0 Å². The monoisotopic (exact) mass is 286 g/mol. The highest BCUT2D eigenvalue weighted by Gasteiger charge is 2.37. The Morgan fingerprint density at radius 2 is 1.48 bits per heavy atom. The second kappa shape index (κ2) is 7.95. The Morgan fingerprint density at radius 3 is 2.24 bits per heavy atom. The smallest absolute Gasteiger partial charge is 0.0143 e. The van der Waals surface area contributed by atoms with Crippen LogP contribution in [0.5, 0.6) is 0 Å². The molecule has 2 saturated carbocycles. The molecule has 2 atom stereocenters. The molecule has 1 aromatic carbocycles. The van der Waals surface area contributed by atoms with Crippen LogP contribution in [-0.4, -0.2) is 25.2 Å². The number of hydrogen-bond donors (Lipinski definition) is 2. The summed E-state index contributed by atoms with van der Waals surface area (Å²) >= 11 is 0. The molecule has 0 bridgehead atoms. The van der Waals surface area contributed by atoms with Crippen LogP contribution in [0, 0.1) is 0 Å². The number of nitrogens with one attached hydrogen (secondary N) is 2. The van der Waals surface area contributed by atoms with E-state index in [9.17, 15) is 0 Å². The summed E-state index contributed by atoms with van der Waals surface area (Å²) in [6.45, 7) is 2.24. The molecule has 0 spiro atoms. The first-order chi connectivity index (χ1) is 10.4. The van der Waals surface area contributed by atoms with Gasteiger partial charge in [-0.25, -0.2) is 0 Å². The summed E-state index contributed by atoms with van der Waals surface area (Å²) < 4.78 is 0. The fraction of sp³-hybridized carbons (Fsp3) is 0.684. The summed E-state index contributed by atoms with van der Waals surface area (Å²) in [6.07, 6.45) is 11.3. The van der Waals surface area contributed by atoms with Gasteiger partial charge in [-0.3, -0.25) is 0 Å². The molecule has 0 heterocycles. The van der Waals surface area contributed by atoms with Crippen molar-refractivity contribution in [3.05, 3.63) is 35.9 Å². The predicted molar refractivity (Wildman–Crippen MR) is 89.7 cm³/mol. The topological polar surface area (TPSA) is 24.1 Å². The average molecular weight is 286 g/mol. The van der Waals surface area contributed by atoms with Gasteiger partial charge in [0.1, 0.15) is 0 Å². The molecular formula is C19H30N2. The third-order valence-corrected chi connectivity index (χ3v) is 5.09. The summed E-state index contributed by atoms with van der Waals surface area (Å²) in [7, 11) is 0. The Labute approximate surface area is 129 Å². The molecule has 2 aliphatic carbocycles. The van der Waals surface area contributed by atoms with Crippen molar-refractivity contribution in [3.63, 3.8) is 0 Å². The predicted octanol–water partition coefficient (Wildman–Crippen LogP) is 3.83. The summed E-state index contributed by atoms with van der Waals surface area (Å²) in [4.78, 5) is 0. The van der Waals surface area contributed by atoms with E-state index in [2.05, 4.69) is 41.0 Å². The highest BCUT2D eigenvalue weighted by atomic mass is 15.0. The first kappa shape index (κ1) is 15.1. The normalized spacial score (nSPS) is 27.0. The number of rotatable bonds is 6. The lowest BCUT2D eigenvalue weighted by atomic mass is 9.97. The summed E-state index contributed by atoms with van der Waals surface area (Å²) in [6, 6.07) is 12.4. The largest absolute Gasteiger partial charge is 0.313 e. The van der Waals surface area contributed by atoms with Crippen LogP contribution in [0.4, 0.5) is 0 Å². The van der Waals surface area contributed by atoms with Crippen LogP contribution in [0.2, 0.25) is 0 Å². The maximum atomic E-state index is 3.76. The molecule has 116 valence electrons. The van der Waals surface area contributed by atoms with Gasteiger partial charge in [0.15, 0.2) is 0 Å². The zero-order valence-corrected chi connectivity index (χ0v) is 13.2. The minimum absolute atomic E-state index is 0.714. The molecule has 2 aliphatic rings. The second-order valence-corrected chi connectivity index (χ2v) is 6.81. The van der Waals surface area contributed by atoms with Crippen LogP contribution < -0.4 is 10.6 Å². The van der Waals surface area contributed by atoms with Crippen LogP contribution in [-0.2, 0) is 0 Å². The Balaban J connectivity index is 1.29. The van der Waals surface area contributed by atoms with Gasteiger partial charge in [-0.1, -0.05) is 62.4 Å². The van der Waals surface area contributed by atoms with Crippen LogP contribution in [0.15, 0.2) is 30.3 Å².